The largest absolute Gasteiger partial charge is 0.400 e. The van der Waals surface area contributed by atoms with Crippen LogP contribution in [-0.2, 0) is 18.4 Å². The van der Waals surface area contributed by atoms with Crippen LogP contribution in [0.15, 0.2) is 12.2 Å². The molecule has 0 N–H and O–H groups in total. The molecule has 0 aliphatic carbocycles. The lowest BCUT2D eigenvalue weighted by Crippen LogP contribution is -2.15. The third kappa shape index (κ3) is 10.3. The van der Waals surface area contributed by atoms with E-state index in [2.05, 4.69) is 27.7 Å². The summed E-state index contributed by atoms with van der Waals surface area (Å²) in [5.41, 5.74) is -0.536. The minimum absolute atomic E-state index is 0.317. The number of unbranched alkanes of at least 4 members (excludes halogenated alkanes) is 2. The highest BCUT2D eigenvalue weighted by Gasteiger charge is 2.34. The first-order valence-electron chi connectivity index (χ1n) is 10.0. The van der Waals surface area contributed by atoms with Crippen molar-refractivity contribution in [1.82, 2.24) is 0 Å². The number of allylic oxidation sites excluding steroid dienone is 2. The van der Waals surface area contributed by atoms with Crippen LogP contribution in [0.5, 0.6) is 0 Å². The molecule has 0 bridgehead atoms. The molecule has 0 aromatic heterocycles. The van der Waals surface area contributed by atoms with Crippen LogP contribution in [0.4, 0.5) is 0 Å². The predicted molar refractivity (Wildman–Crippen MR) is 106 cm³/mol. The second-order valence-corrected chi connectivity index (χ2v) is 8.71. The van der Waals surface area contributed by atoms with Crippen molar-refractivity contribution in [3.8, 4) is 0 Å². The van der Waals surface area contributed by atoms with E-state index in [0.29, 0.717) is 25.0 Å². The second-order valence-electron chi connectivity index (χ2n) is 6.76. The average Bonchev–Trinajstić information content (AvgIpc) is 2.62. The average molecular weight is 375 g/mol. The lowest BCUT2D eigenvalue weighted by atomic mass is 10.0. The molecule has 148 valence electrons. The van der Waals surface area contributed by atoms with Crippen molar-refractivity contribution in [1.29, 1.82) is 0 Å². The maximum Gasteiger partial charge on any atom is 0.400 e. The molecular formula is C20H39O4P. The maximum atomic E-state index is 13.0. The Morgan fingerprint density at radius 2 is 1.36 bits per heavy atom. The van der Waals surface area contributed by atoms with E-state index >= 15 is 0 Å². The van der Waals surface area contributed by atoms with Gasteiger partial charge >= 0.3 is 7.60 Å². The van der Waals surface area contributed by atoms with Crippen LogP contribution in [0.3, 0.4) is 0 Å². The fourth-order valence-electron chi connectivity index (χ4n) is 2.60. The highest BCUT2D eigenvalue weighted by molar-refractivity contribution is 7.72. The molecule has 0 rings (SSSR count). The molecule has 0 aromatic rings. The smallest absolute Gasteiger partial charge is 0.303 e. The van der Waals surface area contributed by atoms with Crippen LogP contribution in [-0.4, -0.2) is 18.7 Å². The third-order valence-electron chi connectivity index (χ3n) is 4.63. The zero-order valence-corrected chi connectivity index (χ0v) is 17.9. The summed E-state index contributed by atoms with van der Waals surface area (Å²) in [7, 11) is -3.75. The summed E-state index contributed by atoms with van der Waals surface area (Å²) < 4.78 is 24.3. The van der Waals surface area contributed by atoms with E-state index in [1.54, 1.807) is 13.0 Å². The standard InChI is InChI=1S/C20H39O4P/c1-6-11-14-18(9-4)16-23-25(22,20(21)13-8-3)24-17-19(10-5)15-12-7-2/h8,13,18-19H,6-7,9-12,14-17H2,1-5H3. The van der Waals surface area contributed by atoms with Crippen molar-refractivity contribution in [3.05, 3.63) is 12.2 Å². The molecule has 25 heavy (non-hydrogen) atoms. The van der Waals surface area contributed by atoms with Gasteiger partial charge in [-0.1, -0.05) is 72.3 Å². The Balaban J connectivity index is 4.87. The van der Waals surface area contributed by atoms with Gasteiger partial charge in [0.15, 0.2) is 0 Å². The fraction of sp³-hybridized carbons (Fsp3) is 0.850. The molecule has 2 unspecified atom stereocenters. The van der Waals surface area contributed by atoms with Gasteiger partial charge in [-0.25, -0.2) is 0 Å². The summed E-state index contributed by atoms with van der Waals surface area (Å²) in [5, 5.41) is 0. The Hall–Kier alpha value is -0.440. The van der Waals surface area contributed by atoms with Crippen LogP contribution < -0.4 is 0 Å². The molecule has 0 radical (unpaired) electrons. The molecular weight excluding hydrogens is 335 g/mol. The molecule has 0 saturated heterocycles. The lowest BCUT2D eigenvalue weighted by Gasteiger charge is -2.22. The van der Waals surface area contributed by atoms with Gasteiger partial charge in [-0.3, -0.25) is 9.36 Å². The summed E-state index contributed by atoms with van der Waals surface area (Å²) in [6.45, 7) is 10.9. The Morgan fingerprint density at radius 3 is 1.68 bits per heavy atom. The van der Waals surface area contributed by atoms with Gasteiger partial charge in [-0.05, 0) is 37.7 Å². The van der Waals surface area contributed by atoms with Crippen LogP contribution >= 0.6 is 7.60 Å². The normalized spacial score (nSPS) is 16.7. The van der Waals surface area contributed by atoms with Gasteiger partial charge in [0.05, 0.1) is 13.2 Å². The van der Waals surface area contributed by atoms with Crippen LogP contribution in [0.25, 0.3) is 0 Å². The number of hydrogen-bond acceptors (Lipinski definition) is 4. The zero-order chi connectivity index (χ0) is 19.1. The van der Waals surface area contributed by atoms with E-state index in [-0.39, 0.29) is 0 Å². The molecule has 2 atom stereocenters. The Bertz CT molecular complexity index is 396. The van der Waals surface area contributed by atoms with Gasteiger partial charge in [0, 0.05) is 0 Å². The molecule has 0 fully saturated rings. The summed E-state index contributed by atoms with van der Waals surface area (Å²) in [4.78, 5) is 12.3. The quantitative estimate of drug-likeness (QED) is 0.221. The first-order valence-corrected chi connectivity index (χ1v) is 11.6. The lowest BCUT2D eigenvalue weighted by molar-refractivity contribution is -0.110. The van der Waals surface area contributed by atoms with Crippen LogP contribution in [0, 0.1) is 11.8 Å². The summed E-state index contributed by atoms with van der Waals surface area (Å²) in [5.74, 6) is 0.634. The van der Waals surface area contributed by atoms with E-state index < -0.39 is 13.1 Å². The number of carbonyl (C=O) groups is 1. The molecule has 0 saturated carbocycles. The molecule has 0 aliphatic heterocycles. The Kier molecular flexibility index (Phi) is 14.4. The molecule has 0 aliphatic rings. The van der Waals surface area contributed by atoms with Crippen molar-refractivity contribution in [2.24, 2.45) is 11.8 Å². The fourth-order valence-corrected chi connectivity index (χ4v) is 4.08. The Morgan fingerprint density at radius 1 is 0.920 bits per heavy atom. The first-order chi connectivity index (χ1) is 12.0. The molecule has 0 spiro atoms. The summed E-state index contributed by atoms with van der Waals surface area (Å²) in [6, 6.07) is 0. The summed E-state index contributed by atoms with van der Waals surface area (Å²) >= 11 is 0. The van der Waals surface area contributed by atoms with Crippen LogP contribution in [0.1, 0.15) is 86.0 Å². The second kappa shape index (κ2) is 14.7. The van der Waals surface area contributed by atoms with Gasteiger partial charge < -0.3 is 9.05 Å². The number of hydrogen-bond donors (Lipinski definition) is 0. The van der Waals surface area contributed by atoms with Crippen molar-refractivity contribution >= 4 is 13.1 Å². The van der Waals surface area contributed by atoms with Gasteiger partial charge in [0.2, 0.25) is 0 Å². The zero-order valence-electron chi connectivity index (χ0n) is 17.0. The first kappa shape index (κ1) is 24.6. The number of carbonyl (C=O) groups excluding carboxylic acids is 1. The molecule has 4 nitrogen and oxygen atoms in total. The topological polar surface area (TPSA) is 52.6 Å². The van der Waals surface area contributed by atoms with Crippen molar-refractivity contribution < 1.29 is 18.4 Å². The van der Waals surface area contributed by atoms with E-state index in [0.717, 1.165) is 51.4 Å². The van der Waals surface area contributed by atoms with Crippen molar-refractivity contribution in [3.63, 3.8) is 0 Å². The SMILES string of the molecule is CC=CC(=O)P(=O)(OCC(CC)CCCC)OCC(CC)CCCC. The molecule has 5 heteroatoms. The van der Waals surface area contributed by atoms with E-state index in [1.807, 2.05) is 0 Å². The van der Waals surface area contributed by atoms with Crippen molar-refractivity contribution in [2.45, 2.75) is 86.0 Å². The third-order valence-corrected chi connectivity index (χ3v) is 6.29. The summed E-state index contributed by atoms with van der Waals surface area (Å²) in [6.07, 6.45) is 11.3. The Labute approximate surface area is 155 Å². The van der Waals surface area contributed by atoms with E-state index in [4.69, 9.17) is 9.05 Å². The van der Waals surface area contributed by atoms with Crippen molar-refractivity contribution in [2.75, 3.05) is 13.2 Å². The maximum absolute atomic E-state index is 13.0. The highest BCUT2D eigenvalue weighted by Crippen LogP contribution is 2.50. The van der Waals surface area contributed by atoms with Gasteiger partial charge in [0.1, 0.15) is 0 Å². The molecule has 0 amide bonds. The van der Waals surface area contributed by atoms with E-state index in [9.17, 15) is 9.36 Å². The molecule has 0 heterocycles. The van der Waals surface area contributed by atoms with Gasteiger partial charge in [0.25, 0.3) is 5.52 Å². The predicted octanol–water partition coefficient (Wildman–Crippen LogP) is 6.75. The van der Waals surface area contributed by atoms with Gasteiger partial charge in [-0.15, -0.1) is 0 Å². The van der Waals surface area contributed by atoms with Crippen LogP contribution in [0.2, 0.25) is 0 Å². The number of rotatable bonds is 16. The minimum atomic E-state index is -3.75. The van der Waals surface area contributed by atoms with E-state index in [1.165, 1.54) is 6.08 Å². The van der Waals surface area contributed by atoms with Gasteiger partial charge in [-0.2, -0.15) is 0 Å². The monoisotopic (exact) mass is 374 g/mol. The molecule has 0 aromatic carbocycles. The highest BCUT2D eigenvalue weighted by atomic mass is 31.2. The minimum Gasteiger partial charge on any atom is -0.303 e.